The lowest BCUT2D eigenvalue weighted by Crippen LogP contribution is -2.69. The van der Waals surface area contributed by atoms with Crippen molar-refractivity contribution < 1.29 is 109 Å². The Kier molecular flexibility index (Phi) is 17.4. The zero-order valence-corrected chi connectivity index (χ0v) is 46.2. The molecule has 4 heterocycles. The summed E-state index contributed by atoms with van der Waals surface area (Å²) in [6.07, 6.45) is -24.1. The molecule has 4 saturated heterocycles. The van der Waals surface area contributed by atoms with Crippen molar-refractivity contribution in [2.75, 3.05) is 33.5 Å². The molecule has 444 valence electrons. The molecule has 22 nitrogen and oxygen atoms in total. The van der Waals surface area contributed by atoms with Gasteiger partial charge in [-0.3, -0.25) is 0 Å². The summed E-state index contributed by atoms with van der Waals surface area (Å²) in [6, 6.07) is 0. The predicted octanol–water partition coefficient (Wildman–Crippen LogP) is -0.909. The molecule has 0 aromatic carbocycles. The largest absolute Gasteiger partial charge is 0.396 e. The van der Waals surface area contributed by atoms with Gasteiger partial charge in [-0.1, -0.05) is 53.2 Å². The van der Waals surface area contributed by atoms with Crippen molar-refractivity contribution in [1.82, 2.24) is 0 Å². The van der Waals surface area contributed by atoms with Crippen LogP contribution in [-0.4, -0.2) is 235 Å². The van der Waals surface area contributed by atoms with Gasteiger partial charge < -0.3 is 109 Å². The number of ether oxygens (including phenoxy) is 9. The van der Waals surface area contributed by atoms with Crippen LogP contribution in [-0.2, 0) is 42.6 Å². The highest BCUT2D eigenvalue weighted by molar-refractivity contribution is 5.36. The van der Waals surface area contributed by atoms with Crippen LogP contribution in [0, 0.1) is 50.2 Å². The summed E-state index contributed by atoms with van der Waals surface area (Å²) in [7, 11) is 1.78. The van der Waals surface area contributed by atoms with E-state index >= 15 is 0 Å². The second kappa shape index (κ2) is 22.1. The number of allylic oxidation sites excluding steroid dienone is 1. The second-order valence-corrected chi connectivity index (χ2v) is 26.5. The van der Waals surface area contributed by atoms with E-state index in [4.69, 9.17) is 42.6 Å². The first kappa shape index (κ1) is 60.5. The van der Waals surface area contributed by atoms with E-state index in [2.05, 4.69) is 40.7 Å². The molecule has 9 rings (SSSR count). The predicted molar refractivity (Wildman–Crippen MR) is 267 cm³/mol. The van der Waals surface area contributed by atoms with Gasteiger partial charge in [0.1, 0.15) is 85.5 Å². The van der Waals surface area contributed by atoms with E-state index in [-0.39, 0.29) is 58.7 Å². The number of rotatable bonds is 13. The third kappa shape index (κ3) is 9.85. The molecule has 8 fully saturated rings. The minimum atomic E-state index is -2.01. The molecular formula is C55H92O22. The molecule has 0 aromatic rings. The summed E-state index contributed by atoms with van der Waals surface area (Å²) in [5.74, 6) is 0.102. The number of hydrogen-bond donors (Lipinski definition) is 13. The highest BCUT2D eigenvalue weighted by Gasteiger charge is 2.71. The Bertz CT molecular complexity index is 2070. The first-order valence-electron chi connectivity index (χ1n) is 28.2. The number of hydrogen-bond acceptors (Lipinski definition) is 22. The highest BCUT2D eigenvalue weighted by Crippen LogP contribution is 2.76. The van der Waals surface area contributed by atoms with Gasteiger partial charge in [-0.2, -0.15) is 0 Å². The maximum atomic E-state index is 12.0. The van der Waals surface area contributed by atoms with E-state index in [1.807, 2.05) is 6.92 Å². The van der Waals surface area contributed by atoms with Crippen LogP contribution in [0.15, 0.2) is 11.6 Å². The van der Waals surface area contributed by atoms with E-state index in [1.54, 1.807) is 7.11 Å². The summed E-state index contributed by atoms with van der Waals surface area (Å²) in [4.78, 5) is 0. The molecule has 22 heteroatoms. The van der Waals surface area contributed by atoms with Crippen LogP contribution in [0.5, 0.6) is 0 Å². The number of fused-ring (bicyclic) bond motifs is 7. The van der Waals surface area contributed by atoms with Gasteiger partial charge in [-0.15, -0.1) is 0 Å². The lowest BCUT2D eigenvalue weighted by atomic mass is 9.33. The van der Waals surface area contributed by atoms with E-state index in [1.165, 1.54) is 19.4 Å². The molecule has 0 radical (unpaired) electrons. The molecule has 4 saturated carbocycles. The Morgan fingerprint density at radius 1 is 0.532 bits per heavy atom. The van der Waals surface area contributed by atoms with Crippen LogP contribution < -0.4 is 0 Å². The average Bonchev–Trinajstić information content (AvgIpc) is 3.41. The molecule has 9 aliphatic rings. The molecule has 0 amide bonds. The fourth-order valence-corrected chi connectivity index (χ4v) is 16.8. The minimum absolute atomic E-state index is 0.0204. The fourth-order valence-electron chi connectivity index (χ4n) is 16.8. The molecule has 30 atom stereocenters. The topological polar surface area (TPSA) is 346 Å². The lowest BCUT2D eigenvalue weighted by Gasteiger charge is -2.72. The van der Waals surface area contributed by atoms with E-state index in [9.17, 15) is 66.4 Å². The van der Waals surface area contributed by atoms with Crippen LogP contribution in [0.4, 0.5) is 0 Å². The summed E-state index contributed by atoms with van der Waals surface area (Å²) < 4.78 is 56.0. The molecule has 4 aliphatic heterocycles. The first-order chi connectivity index (χ1) is 36.1. The fraction of sp³-hybridized carbons (Fsp3) is 0.964. The van der Waals surface area contributed by atoms with Crippen LogP contribution >= 0.6 is 0 Å². The van der Waals surface area contributed by atoms with Gasteiger partial charge in [-0.05, 0) is 105 Å². The monoisotopic (exact) mass is 1100 g/mol. The zero-order valence-electron chi connectivity index (χ0n) is 46.2. The third-order valence-corrected chi connectivity index (χ3v) is 21.8. The van der Waals surface area contributed by atoms with Crippen molar-refractivity contribution in [1.29, 1.82) is 0 Å². The van der Waals surface area contributed by atoms with Crippen molar-refractivity contribution in [3.63, 3.8) is 0 Å². The normalized spacial score (nSPS) is 55.8. The van der Waals surface area contributed by atoms with Crippen molar-refractivity contribution in [2.45, 2.75) is 248 Å². The first-order valence-corrected chi connectivity index (χ1v) is 28.2. The van der Waals surface area contributed by atoms with Crippen molar-refractivity contribution >= 4 is 0 Å². The summed E-state index contributed by atoms with van der Waals surface area (Å²) in [5, 5.41) is 143. The zero-order chi connectivity index (χ0) is 56.3. The van der Waals surface area contributed by atoms with Gasteiger partial charge in [0.15, 0.2) is 25.2 Å². The van der Waals surface area contributed by atoms with E-state index in [0.29, 0.717) is 12.8 Å². The van der Waals surface area contributed by atoms with Crippen LogP contribution in [0.2, 0.25) is 0 Å². The summed E-state index contributed by atoms with van der Waals surface area (Å²) in [5.41, 5.74) is -0.390. The van der Waals surface area contributed by atoms with Gasteiger partial charge in [0.25, 0.3) is 0 Å². The van der Waals surface area contributed by atoms with Crippen LogP contribution in [0.1, 0.15) is 113 Å². The lowest BCUT2D eigenvalue weighted by molar-refractivity contribution is -0.403. The third-order valence-electron chi connectivity index (χ3n) is 21.8. The smallest absolute Gasteiger partial charge is 0.187 e. The van der Waals surface area contributed by atoms with Crippen molar-refractivity contribution in [2.24, 2.45) is 50.2 Å². The maximum absolute atomic E-state index is 12.0. The molecule has 13 N–H and O–H groups in total. The second-order valence-electron chi connectivity index (χ2n) is 26.5. The SMILES string of the molecule is CO[C@@H]1C=C2[C@@H]3CC(C)(C)CC[C@]3(CO)CC[C@@]2(C)[C@]2(C)CC[C@H]3[C@](C)(CO)[C@@H](O[C@@H]4O[C@H](C)[C@H](O)[C@H](O[C@@H]5O[C@H](CO)[C@@H](O[C@@H]6O[C@@H](C)[C@H](O)[C@@H](O)[C@H]6O)[C@H](O)[C@H]5O)[C@H]4O[C@@H]4O[C@H](CO)[C@@H](O)[C@H](O)[C@H]4O)CC[C@]3(C)[C@@H]12. The number of aliphatic hydroxyl groups excluding tert-OH is 13. The Labute approximate surface area is 451 Å². The minimum Gasteiger partial charge on any atom is -0.396 e. The molecule has 0 bridgehead atoms. The van der Waals surface area contributed by atoms with E-state index in [0.717, 1.165) is 44.9 Å². The highest BCUT2D eigenvalue weighted by atomic mass is 16.8. The van der Waals surface area contributed by atoms with Gasteiger partial charge in [0.2, 0.25) is 0 Å². The Balaban J connectivity index is 1.01. The Hall–Kier alpha value is -1.14. The maximum Gasteiger partial charge on any atom is 0.187 e. The molecule has 0 aromatic heterocycles. The van der Waals surface area contributed by atoms with Crippen molar-refractivity contribution in [3.05, 3.63) is 11.6 Å². The Morgan fingerprint density at radius 2 is 1.09 bits per heavy atom. The average molecular weight is 1110 g/mol. The van der Waals surface area contributed by atoms with Gasteiger partial charge >= 0.3 is 0 Å². The van der Waals surface area contributed by atoms with Gasteiger partial charge in [0, 0.05) is 30.5 Å². The molecule has 0 unspecified atom stereocenters. The van der Waals surface area contributed by atoms with Gasteiger partial charge in [0.05, 0.1) is 44.2 Å². The quantitative estimate of drug-likeness (QED) is 0.0784. The van der Waals surface area contributed by atoms with Crippen LogP contribution in [0.3, 0.4) is 0 Å². The van der Waals surface area contributed by atoms with Crippen molar-refractivity contribution in [3.8, 4) is 0 Å². The Morgan fingerprint density at radius 3 is 1.71 bits per heavy atom. The standard InChI is InChI=1S/C55H92O22/c1-24-33(60)36(63)39(66)46(70-24)75-42-30(21-57)73-48(41(68)38(42)65)76-43-34(61)25(2)71-49(44(43)77-47-40(67)37(64)35(62)29(20-56)72-47)74-32-11-12-51(5)31(52(32,6)22-58)10-13-54(8)45(51)28(69-9)18-26-27-19-50(3,4)14-16-55(27,23-59)17-15-53(26,54)7/h18,24-25,27-49,56-68H,10-17,19-23H2,1-9H3/t24-,25+,27-,28+,29+,30+,31+,32-,33-,34-,35+,36+,37-,38+,39+,40+,41+,42+,43-,44+,45+,46-,47-,48-,49-,51-,52-,53+,54+,55+/m0/s1. The number of aliphatic hydroxyl groups is 13. The van der Waals surface area contributed by atoms with E-state index < -0.39 is 153 Å². The number of methoxy groups -OCH3 is 1. The van der Waals surface area contributed by atoms with Crippen LogP contribution in [0.25, 0.3) is 0 Å². The van der Waals surface area contributed by atoms with Gasteiger partial charge in [-0.25, -0.2) is 0 Å². The molecule has 0 spiro atoms. The summed E-state index contributed by atoms with van der Waals surface area (Å²) in [6.45, 7) is 15.0. The molecular weight excluding hydrogens is 1010 g/mol. The molecule has 5 aliphatic carbocycles. The summed E-state index contributed by atoms with van der Waals surface area (Å²) >= 11 is 0. The molecule has 77 heavy (non-hydrogen) atoms.